The van der Waals surface area contributed by atoms with Gasteiger partial charge in [-0.05, 0) is 94.5 Å². The summed E-state index contributed by atoms with van der Waals surface area (Å²) in [5, 5.41) is 24.9. The maximum absolute atomic E-state index is 13.2. The second-order valence-corrected chi connectivity index (χ2v) is 16.4. The highest BCUT2D eigenvalue weighted by atomic mass is 16.8. The average molecular weight is 629 g/mol. The lowest BCUT2D eigenvalue weighted by Crippen LogP contribution is -2.69. The predicted molar refractivity (Wildman–Crippen MR) is 162 cm³/mol. The minimum atomic E-state index is -1.19. The Hall–Kier alpha value is -1.36. The number of hydrogen-bond acceptors (Lipinski definition) is 9. The Morgan fingerprint density at radius 1 is 0.956 bits per heavy atom. The molecule has 8 aliphatic rings. The van der Waals surface area contributed by atoms with Gasteiger partial charge in [-0.25, -0.2) is 4.79 Å². The molecule has 5 aliphatic carbocycles. The van der Waals surface area contributed by atoms with Crippen molar-refractivity contribution in [1.29, 1.82) is 0 Å². The molecule has 2 N–H and O–H groups in total. The van der Waals surface area contributed by atoms with E-state index in [2.05, 4.69) is 13.8 Å². The van der Waals surface area contributed by atoms with Crippen LogP contribution in [0, 0.1) is 34.5 Å². The van der Waals surface area contributed by atoms with Crippen molar-refractivity contribution in [3.05, 3.63) is 11.6 Å². The van der Waals surface area contributed by atoms with Gasteiger partial charge < -0.3 is 38.7 Å². The van der Waals surface area contributed by atoms with Crippen molar-refractivity contribution in [1.82, 2.24) is 0 Å². The molecular weight excluding hydrogens is 576 g/mol. The maximum atomic E-state index is 13.2. The van der Waals surface area contributed by atoms with Crippen molar-refractivity contribution < 1.29 is 43.5 Å². The van der Waals surface area contributed by atoms with E-state index in [9.17, 15) is 19.8 Å². The summed E-state index contributed by atoms with van der Waals surface area (Å²) in [4.78, 5) is 25.1. The summed E-state index contributed by atoms with van der Waals surface area (Å²) in [5.74, 6) is -0.524. The van der Waals surface area contributed by atoms with Gasteiger partial charge in [0.1, 0.15) is 19.0 Å². The fourth-order valence-electron chi connectivity index (χ4n) is 12.2. The molecule has 0 amide bonds. The third-order valence-corrected chi connectivity index (χ3v) is 14.6. The van der Waals surface area contributed by atoms with E-state index in [1.807, 2.05) is 6.92 Å². The van der Waals surface area contributed by atoms with E-state index in [1.54, 1.807) is 6.08 Å². The van der Waals surface area contributed by atoms with Gasteiger partial charge in [-0.1, -0.05) is 20.3 Å². The number of aldehydes is 1. The Balaban J connectivity index is 0.969. The summed E-state index contributed by atoms with van der Waals surface area (Å²) in [6.45, 7) is 6.76. The highest BCUT2D eigenvalue weighted by Crippen LogP contribution is 2.70. The van der Waals surface area contributed by atoms with Crippen LogP contribution in [0.15, 0.2) is 11.6 Å². The van der Waals surface area contributed by atoms with Gasteiger partial charge in [0.25, 0.3) is 0 Å². The van der Waals surface area contributed by atoms with Gasteiger partial charge >= 0.3 is 5.97 Å². The zero-order valence-corrected chi connectivity index (χ0v) is 27.2. The van der Waals surface area contributed by atoms with Crippen LogP contribution in [0.2, 0.25) is 0 Å². The zero-order valence-electron chi connectivity index (χ0n) is 27.2. The molecule has 2 unspecified atom stereocenters. The van der Waals surface area contributed by atoms with E-state index in [1.165, 1.54) is 6.42 Å². The molecule has 0 bridgehead atoms. The number of fused-ring (bicyclic) bond motifs is 6. The second-order valence-electron chi connectivity index (χ2n) is 16.4. The molecule has 0 aromatic heterocycles. The second kappa shape index (κ2) is 10.6. The molecule has 7 fully saturated rings. The molecule has 9 nitrogen and oxygen atoms in total. The Labute approximate surface area is 266 Å². The molecule has 3 aliphatic heterocycles. The Morgan fingerprint density at radius 2 is 1.78 bits per heavy atom. The standard InChI is InChI=1S/C36H52O9/c1-21-6-4-5-11-36(21)44-28-17-30(42-22(2)31(28)45-36)43-24-7-13-33(20-37)26-8-12-32(3)25(23-16-29(38)41-19-23)10-15-35(32,40)27(26)9-14-34(33,39)18-24/h16,20-22,24-28,30-31,39-40H,4-15,17-19H2,1-3H3/t21?,22-,24+,25-,26+,27-,28+,30+,31-,32-,33+,34+,35+,36?/m1/s1. The summed E-state index contributed by atoms with van der Waals surface area (Å²) in [5.41, 5.74) is -2.44. The predicted octanol–water partition coefficient (Wildman–Crippen LogP) is 4.75. The summed E-state index contributed by atoms with van der Waals surface area (Å²) >= 11 is 0. The van der Waals surface area contributed by atoms with Crippen LogP contribution in [-0.2, 0) is 33.3 Å². The molecule has 0 radical (unpaired) electrons. The number of esters is 1. The van der Waals surface area contributed by atoms with Crippen LogP contribution in [0.3, 0.4) is 0 Å². The summed E-state index contributed by atoms with van der Waals surface area (Å²) < 4.78 is 31.5. The van der Waals surface area contributed by atoms with Crippen molar-refractivity contribution in [2.75, 3.05) is 6.61 Å². The number of rotatable bonds is 4. The molecule has 14 atom stereocenters. The average Bonchev–Trinajstić information content (AvgIpc) is 3.68. The van der Waals surface area contributed by atoms with Gasteiger partial charge in [0.05, 0.1) is 34.9 Å². The fourth-order valence-corrected chi connectivity index (χ4v) is 12.2. The minimum absolute atomic E-state index is 0.0729. The summed E-state index contributed by atoms with van der Waals surface area (Å²) in [6.07, 6.45) is 12.3. The Kier molecular flexibility index (Phi) is 7.27. The fraction of sp³-hybridized carbons (Fsp3) is 0.889. The number of hydrogen-bond donors (Lipinski definition) is 2. The number of ether oxygens (including phenoxy) is 5. The first-order valence-electron chi connectivity index (χ1n) is 17.9. The van der Waals surface area contributed by atoms with E-state index in [-0.39, 0.29) is 53.6 Å². The minimum Gasteiger partial charge on any atom is -0.458 e. The first kappa shape index (κ1) is 30.9. The van der Waals surface area contributed by atoms with Gasteiger partial charge in [0.15, 0.2) is 12.1 Å². The lowest BCUT2D eigenvalue weighted by atomic mass is 9.41. The van der Waals surface area contributed by atoms with Crippen molar-refractivity contribution in [3.8, 4) is 0 Å². The van der Waals surface area contributed by atoms with Crippen LogP contribution in [-0.4, -0.2) is 76.8 Å². The van der Waals surface area contributed by atoms with Crippen molar-refractivity contribution in [2.24, 2.45) is 34.5 Å². The van der Waals surface area contributed by atoms with E-state index in [4.69, 9.17) is 23.7 Å². The van der Waals surface area contributed by atoms with Crippen LogP contribution in [0.5, 0.6) is 0 Å². The van der Waals surface area contributed by atoms with Gasteiger partial charge in [0, 0.05) is 36.7 Å². The highest BCUT2D eigenvalue weighted by Gasteiger charge is 2.71. The molecule has 1 spiro atoms. The van der Waals surface area contributed by atoms with Crippen LogP contribution >= 0.6 is 0 Å². The molecule has 5 saturated carbocycles. The van der Waals surface area contributed by atoms with Gasteiger partial charge in [-0.2, -0.15) is 0 Å². The van der Waals surface area contributed by atoms with Crippen molar-refractivity contribution in [3.63, 3.8) is 0 Å². The molecule has 45 heavy (non-hydrogen) atoms. The van der Waals surface area contributed by atoms with E-state index in [0.717, 1.165) is 50.4 Å². The first-order chi connectivity index (χ1) is 21.5. The monoisotopic (exact) mass is 628 g/mol. The van der Waals surface area contributed by atoms with Crippen LogP contribution in [0.4, 0.5) is 0 Å². The Morgan fingerprint density at radius 3 is 2.53 bits per heavy atom. The van der Waals surface area contributed by atoms with Crippen LogP contribution in [0.1, 0.15) is 111 Å². The topological polar surface area (TPSA) is 121 Å². The van der Waals surface area contributed by atoms with E-state index >= 15 is 0 Å². The van der Waals surface area contributed by atoms with E-state index in [0.29, 0.717) is 57.5 Å². The van der Waals surface area contributed by atoms with Crippen LogP contribution < -0.4 is 0 Å². The Bertz CT molecular complexity index is 1250. The normalized spacial score (nSPS) is 55.7. The molecule has 2 saturated heterocycles. The van der Waals surface area contributed by atoms with Crippen LogP contribution in [0.25, 0.3) is 0 Å². The largest absolute Gasteiger partial charge is 0.458 e. The quantitative estimate of drug-likeness (QED) is 0.258. The molecule has 0 aromatic carbocycles. The molecule has 0 aromatic rings. The first-order valence-corrected chi connectivity index (χ1v) is 17.9. The maximum Gasteiger partial charge on any atom is 0.331 e. The smallest absolute Gasteiger partial charge is 0.331 e. The molecule has 8 rings (SSSR count). The third kappa shape index (κ3) is 4.32. The number of carbonyl (C=O) groups is 2. The lowest BCUT2D eigenvalue weighted by molar-refractivity contribution is -0.278. The SMILES string of the molecule is CC1CCCCC12O[C@H]1[C@H](C[C@H](O[C@H]3CC[C@]4(C=O)[C@H]5CC[C@]6(C)[C@@H](C7=CC(=O)OC7)CC[C@]6(O)[C@@H]5CC[C@]4(O)C3)O[C@@H]1C)O2. The number of carbonyl (C=O) groups excluding carboxylic acids is 2. The van der Waals surface area contributed by atoms with Gasteiger partial charge in [-0.15, -0.1) is 0 Å². The summed E-state index contributed by atoms with van der Waals surface area (Å²) in [6, 6.07) is 0. The molecule has 250 valence electrons. The van der Waals surface area contributed by atoms with Gasteiger partial charge in [-0.3, -0.25) is 0 Å². The van der Waals surface area contributed by atoms with Crippen molar-refractivity contribution >= 4 is 12.3 Å². The van der Waals surface area contributed by atoms with Crippen molar-refractivity contribution in [2.45, 2.75) is 158 Å². The van der Waals surface area contributed by atoms with Gasteiger partial charge in [0.2, 0.25) is 0 Å². The molecular formula is C36H52O9. The van der Waals surface area contributed by atoms with E-state index < -0.39 is 28.7 Å². The summed E-state index contributed by atoms with van der Waals surface area (Å²) in [7, 11) is 0. The highest BCUT2D eigenvalue weighted by molar-refractivity contribution is 5.85. The lowest BCUT2D eigenvalue weighted by Gasteiger charge is -2.65. The number of cyclic esters (lactones) is 1. The number of aliphatic hydroxyl groups is 2. The molecule has 3 heterocycles. The molecule has 9 heteroatoms. The zero-order chi connectivity index (χ0) is 31.4. The third-order valence-electron chi connectivity index (χ3n) is 14.6.